The maximum absolute atomic E-state index is 13.0. The highest BCUT2D eigenvalue weighted by Gasteiger charge is 2.23. The Morgan fingerprint density at radius 2 is 1.91 bits per heavy atom. The lowest BCUT2D eigenvalue weighted by Crippen LogP contribution is -2.25. The molecule has 32 heavy (non-hydrogen) atoms. The summed E-state index contributed by atoms with van der Waals surface area (Å²) in [7, 11) is 0. The van der Waals surface area contributed by atoms with Gasteiger partial charge in [0.05, 0.1) is 17.2 Å². The summed E-state index contributed by atoms with van der Waals surface area (Å²) in [6.07, 6.45) is 5.90. The van der Waals surface area contributed by atoms with E-state index in [1.165, 1.54) is 4.68 Å². The summed E-state index contributed by atoms with van der Waals surface area (Å²) in [6.45, 7) is 2.73. The molecule has 2 heterocycles. The maximum Gasteiger partial charge on any atom is 0.257 e. The number of benzene rings is 2. The zero-order chi connectivity index (χ0) is 22.5. The van der Waals surface area contributed by atoms with Crippen molar-refractivity contribution in [3.05, 3.63) is 64.7 Å². The molecule has 0 radical (unpaired) electrons. The first-order valence-corrected chi connectivity index (χ1v) is 11.1. The van der Waals surface area contributed by atoms with Crippen molar-refractivity contribution in [2.75, 3.05) is 12.3 Å². The van der Waals surface area contributed by atoms with E-state index in [1.54, 1.807) is 18.3 Å². The van der Waals surface area contributed by atoms with Crippen LogP contribution < -0.4 is 11.1 Å². The third-order valence-electron chi connectivity index (χ3n) is 5.19. The first kappa shape index (κ1) is 21.8. The summed E-state index contributed by atoms with van der Waals surface area (Å²) in [5.41, 5.74) is 9.74. The first-order valence-electron chi connectivity index (χ1n) is 10.7. The van der Waals surface area contributed by atoms with Gasteiger partial charge in [-0.3, -0.25) is 4.79 Å². The topological polar surface area (TPSA) is 98.2 Å². The van der Waals surface area contributed by atoms with E-state index in [1.807, 2.05) is 36.4 Å². The molecular formula is C24H25ClN6O. The van der Waals surface area contributed by atoms with Crippen LogP contribution in [0.2, 0.25) is 5.02 Å². The van der Waals surface area contributed by atoms with Crippen molar-refractivity contribution in [3.8, 4) is 0 Å². The number of nitrogens with one attached hydrogen (secondary N) is 1. The summed E-state index contributed by atoms with van der Waals surface area (Å²) in [5, 5.41) is 8.07. The Morgan fingerprint density at radius 1 is 1.12 bits per heavy atom. The highest BCUT2D eigenvalue weighted by atomic mass is 35.5. The lowest BCUT2D eigenvalue weighted by Gasteiger charge is -2.05. The van der Waals surface area contributed by atoms with Gasteiger partial charge < -0.3 is 11.1 Å². The SMILES string of the molecule is CCCCCCNC(=O)c1c(N)n(/N=C\c2cccc(Cl)c2)c2nc3ccccc3nc12. The number of amides is 1. The molecule has 7 nitrogen and oxygen atoms in total. The Balaban J connectivity index is 1.76. The van der Waals surface area contributed by atoms with Crippen LogP contribution in [0, 0.1) is 0 Å². The van der Waals surface area contributed by atoms with Crippen molar-refractivity contribution in [2.24, 2.45) is 5.10 Å². The Morgan fingerprint density at radius 3 is 2.66 bits per heavy atom. The number of para-hydroxylation sites is 2. The average Bonchev–Trinajstić information content (AvgIpc) is 3.06. The fraction of sp³-hybridized carbons (Fsp3) is 0.250. The molecule has 0 aliphatic rings. The third kappa shape index (κ3) is 4.57. The van der Waals surface area contributed by atoms with Gasteiger partial charge in [0.25, 0.3) is 5.91 Å². The van der Waals surface area contributed by atoms with Crippen LogP contribution in [0.25, 0.3) is 22.2 Å². The molecule has 0 spiro atoms. The normalized spacial score (nSPS) is 11.6. The fourth-order valence-electron chi connectivity index (χ4n) is 3.54. The van der Waals surface area contributed by atoms with Crippen molar-refractivity contribution in [1.29, 1.82) is 0 Å². The smallest absolute Gasteiger partial charge is 0.257 e. The molecule has 4 rings (SSSR count). The quantitative estimate of drug-likeness (QED) is 0.292. The van der Waals surface area contributed by atoms with Crippen molar-refractivity contribution in [1.82, 2.24) is 20.0 Å². The van der Waals surface area contributed by atoms with Crippen LogP contribution >= 0.6 is 11.6 Å². The molecule has 3 N–H and O–H groups in total. The van der Waals surface area contributed by atoms with Crippen LogP contribution in [0.1, 0.15) is 48.5 Å². The molecule has 0 atom stereocenters. The van der Waals surface area contributed by atoms with Crippen molar-refractivity contribution >= 4 is 51.7 Å². The van der Waals surface area contributed by atoms with Crippen LogP contribution in [-0.4, -0.2) is 33.3 Å². The number of anilines is 1. The number of nitrogen functional groups attached to an aromatic ring is 1. The number of carbonyl (C=O) groups excluding carboxylic acids is 1. The van der Waals surface area contributed by atoms with Gasteiger partial charge in [-0.05, 0) is 36.2 Å². The van der Waals surface area contributed by atoms with Crippen LogP contribution in [0.4, 0.5) is 5.82 Å². The monoisotopic (exact) mass is 448 g/mol. The molecule has 0 aliphatic carbocycles. The Hall–Kier alpha value is -3.45. The number of carbonyl (C=O) groups is 1. The van der Waals surface area contributed by atoms with Gasteiger partial charge in [-0.25, -0.2) is 9.97 Å². The van der Waals surface area contributed by atoms with E-state index in [0.717, 1.165) is 31.2 Å². The van der Waals surface area contributed by atoms with Crippen LogP contribution in [-0.2, 0) is 0 Å². The van der Waals surface area contributed by atoms with E-state index in [0.29, 0.717) is 33.8 Å². The number of rotatable bonds is 8. The molecule has 0 saturated heterocycles. The molecule has 0 unspecified atom stereocenters. The average molecular weight is 449 g/mol. The van der Waals surface area contributed by atoms with E-state index in [9.17, 15) is 4.79 Å². The van der Waals surface area contributed by atoms with Crippen molar-refractivity contribution in [3.63, 3.8) is 0 Å². The van der Waals surface area contributed by atoms with Crippen LogP contribution in [0.15, 0.2) is 53.6 Å². The largest absolute Gasteiger partial charge is 0.383 e. The number of fused-ring (bicyclic) bond motifs is 2. The maximum atomic E-state index is 13.0. The second-order valence-corrected chi connectivity index (χ2v) is 8.01. The van der Waals surface area contributed by atoms with Crippen LogP contribution in [0.3, 0.4) is 0 Å². The zero-order valence-corrected chi connectivity index (χ0v) is 18.6. The Kier molecular flexibility index (Phi) is 6.66. The fourth-order valence-corrected chi connectivity index (χ4v) is 3.74. The van der Waals surface area contributed by atoms with E-state index in [4.69, 9.17) is 22.3 Å². The van der Waals surface area contributed by atoms with Gasteiger partial charge >= 0.3 is 0 Å². The molecule has 164 valence electrons. The highest BCUT2D eigenvalue weighted by Crippen LogP contribution is 2.28. The predicted octanol–water partition coefficient (Wildman–Crippen LogP) is 5.01. The molecule has 0 fully saturated rings. The molecule has 4 aromatic rings. The molecule has 2 aromatic carbocycles. The number of nitrogens with two attached hydrogens (primary N) is 1. The van der Waals surface area contributed by atoms with E-state index < -0.39 is 0 Å². The number of aromatic nitrogens is 3. The second-order valence-electron chi connectivity index (χ2n) is 7.57. The van der Waals surface area contributed by atoms with Crippen molar-refractivity contribution in [2.45, 2.75) is 32.6 Å². The van der Waals surface area contributed by atoms with Gasteiger partial charge in [-0.2, -0.15) is 9.78 Å². The van der Waals surface area contributed by atoms with Gasteiger partial charge in [0, 0.05) is 11.6 Å². The molecule has 0 aliphatic heterocycles. The molecule has 8 heteroatoms. The highest BCUT2D eigenvalue weighted by molar-refractivity contribution is 6.30. The number of hydrogen-bond donors (Lipinski definition) is 2. The minimum atomic E-state index is -0.273. The number of nitrogens with zero attached hydrogens (tertiary/aromatic N) is 4. The summed E-state index contributed by atoms with van der Waals surface area (Å²) in [4.78, 5) is 22.4. The van der Waals surface area contributed by atoms with Crippen LogP contribution in [0.5, 0.6) is 0 Å². The first-order chi connectivity index (χ1) is 15.6. The van der Waals surface area contributed by atoms with Gasteiger partial charge in [0.15, 0.2) is 5.65 Å². The van der Waals surface area contributed by atoms with E-state index in [2.05, 4.69) is 22.3 Å². The summed E-state index contributed by atoms with van der Waals surface area (Å²) in [6, 6.07) is 14.8. The van der Waals surface area contributed by atoms with E-state index in [-0.39, 0.29) is 17.3 Å². The summed E-state index contributed by atoms with van der Waals surface area (Å²) >= 11 is 6.08. The lowest BCUT2D eigenvalue weighted by molar-refractivity contribution is 0.0955. The van der Waals surface area contributed by atoms with Gasteiger partial charge in [0.1, 0.15) is 16.9 Å². The number of unbranched alkanes of at least 4 members (excludes halogenated alkanes) is 3. The number of hydrogen-bond acceptors (Lipinski definition) is 5. The summed E-state index contributed by atoms with van der Waals surface area (Å²) < 4.78 is 1.46. The molecule has 0 bridgehead atoms. The molecular weight excluding hydrogens is 424 g/mol. The predicted molar refractivity (Wildman–Crippen MR) is 130 cm³/mol. The minimum absolute atomic E-state index is 0.194. The number of halogens is 1. The standard InChI is InChI=1S/C24H25ClN6O/c1-2-3-4-7-13-27-24(32)20-21-23(30-19-12-6-5-11-18(19)29-21)31(22(20)26)28-15-16-9-8-10-17(25)14-16/h5-6,8-12,14-15H,2-4,7,13,26H2,1H3,(H,27,32)/b28-15-. The summed E-state index contributed by atoms with van der Waals surface area (Å²) in [5.74, 6) is -0.0788. The van der Waals surface area contributed by atoms with Gasteiger partial charge in [-0.1, -0.05) is 62.1 Å². The van der Waals surface area contributed by atoms with Gasteiger partial charge in [0.2, 0.25) is 0 Å². The third-order valence-corrected chi connectivity index (χ3v) is 5.42. The molecule has 2 aromatic heterocycles. The Labute approximate surface area is 191 Å². The minimum Gasteiger partial charge on any atom is -0.383 e. The zero-order valence-electron chi connectivity index (χ0n) is 17.9. The Bertz CT molecular complexity index is 1300. The lowest BCUT2D eigenvalue weighted by atomic mass is 10.2. The molecule has 1 amide bonds. The second kappa shape index (κ2) is 9.78. The van der Waals surface area contributed by atoms with E-state index >= 15 is 0 Å². The van der Waals surface area contributed by atoms with Gasteiger partial charge in [-0.15, -0.1) is 0 Å². The molecule has 0 saturated carbocycles. The van der Waals surface area contributed by atoms with Crippen molar-refractivity contribution < 1.29 is 4.79 Å².